The van der Waals surface area contributed by atoms with Gasteiger partial charge in [-0.15, -0.1) is 0 Å². The molecule has 0 fully saturated rings. The molecule has 4 aromatic carbocycles. The lowest BCUT2D eigenvalue weighted by molar-refractivity contribution is 0.392. The lowest BCUT2D eigenvalue weighted by Crippen LogP contribution is -2.09. The summed E-state index contributed by atoms with van der Waals surface area (Å²) < 4.78 is 54.9. The molecule has 228 valence electrons. The van der Waals surface area contributed by atoms with Crippen LogP contribution in [0, 0.1) is 0 Å². The Balaban J connectivity index is 0.000000236. The van der Waals surface area contributed by atoms with Crippen LogP contribution in [0.25, 0.3) is 0 Å². The van der Waals surface area contributed by atoms with Crippen molar-refractivity contribution in [2.24, 2.45) is 0 Å². The normalized spacial score (nSPS) is 10.0. The molecule has 0 N–H and O–H groups in total. The van der Waals surface area contributed by atoms with Crippen LogP contribution in [0.15, 0.2) is 72.8 Å². The maximum absolute atomic E-state index is 12.8. The van der Waals surface area contributed by atoms with Crippen molar-refractivity contribution in [3.8, 4) is 46.0 Å². The van der Waals surface area contributed by atoms with Crippen molar-refractivity contribution < 1.29 is 42.5 Å². The lowest BCUT2D eigenvalue weighted by Gasteiger charge is -2.11. The number of methoxy groups -OCH3 is 8. The summed E-state index contributed by atoms with van der Waals surface area (Å²) in [6.07, 6.45) is 0.737. The fourth-order valence-corrected chi connectivity index (χ4v) is 5.42. The summed E-state index contributed by atoms with van der Waals surface area (Å²) in [5.41, 5.74) is 2.20. The molecule has 0 bridgehead atoms. The second-order valence-corrected chi connectivity index (χ2v) is 10.7. The Labute approximate surface area is 254 Å². The quantitative estimate of drug-likeness (QED) is 0.185. The molecule has 0 aromatic heterocycles. The average Bonchev–Trinajstić information content (AvgIpc) is 3.06. The molecule has 0 radical (unpaired) electrons. The van der Waals surface area contributed by atoms with E-state index in [9.17, 15) is 4.57 Å². The van der Waals surface area contributed by atoms with Gasteiger partial charge in [0, 0.05) is 48.5 Å². The summed E-state index contributed by atoms with van der Waals surface area (Å²) in [5.74, 6) is 5.47. The maximum Gasteiger partial charge on any atom is 0.415 e. The van der Waals surface area contributed by atoms with E-state index < -0.39 is 7.80 Å². The molecular formula is C33H38O9P+. The number of rotatable bonds is 12. The fraction of sp³-hybridized carbons (Fsp3) is 0.273. The molecule has 0 saturated carbocycles. The van der Waals surface area contributed by atoms with Gasteiger partial charge in [0.25, 0.3) is 0 Å². The van der Waals surface area contributed by atoms with E-state index in [0.29, 0.717) is 33.6 Å². The largest absolute Gasteiger partial charge is 0.497 e. The monoisotopic (exact) mass is 609 g/mol. The molecule has 4 rings (SSSR count). The van der Waals surface area contributed by atoms with E-state index in [1.807, 2.05) is 36.4 Å². The molecule has 0 aliphatic carbocycles. The van der Waals surface area contributed by atoms with Crippen molar-refractivity contribution in [1.29, 1.82) is 0 Å². The molecule has 4 aromatic rings. The zero-order valence-corrected chi connectivity index (χ0v) is 26.7. The van der Waals surface area contributed by atoms with Crippen molar-refractivity contribution >= 4 is 18.4 Å². The predicted octanol–water partition coefficient (Wildman–Crippen LogP) is 5.81. The van der Waals surface area contributed by atoms with Crippen molar-refractivity contribution in [2.75, 3.05) is 56.9 Å². The molecule has 0 atom stereocenters. The van der Waals surface area contributed by atoms with Gasteiger partial charge in [-0.25, -0.2) is 0 Å². The Kier molecular flexibility index (Phi) is 12.3. The highest BCUT2D eigenvalue weighted by molar-refractivity contribution is 7.61. The Morgan fingerprint density at radius 1 is 0.372 bits per heavy atom. The van der Waals surface area contributed by atoms with Gasteiger partial charge < -0.3 is 37.9 Å². The Hall–Kier alpha value is -4.62. The molecule has 0 aliphatic heterocycles. The van der Waals surface area contributed by atoms with E-state index in [1.54, 1.807) is 93.3 Å². The third kappa shape index (κ3) is 9.18. The maximum atomic E-state index is 12.8. The summed E-state index contributed by atoms with van der Waals surface area (Å²) in [7, 11) is 11.0. The number of benzene rings is 4. The Bertz CT molecular complexity index is 1320. The zero-order valence-electron chi connectivity index (χ0n) is 25.8. The minimum atomic E-state index is -1.83. The van der Waals surface area contributed by atoms with Gasteiger partial charge in [0.1, 0.15) is 46.0 Å². The first-order valence-electron chi connectivity index (χ1n) is 13.2. The highest BCUT2D eigenvalue weighted by Gasteiger charge is 2.27. The molecule has 9 nitrogen and oxygen atoms in total. The number of ether oxygens (including phenoxy) is 8. The van der Waals surface area contributed by atoms with Crippen molar-refractivity contribution in [2.45, 2.75) is 6.42 Å². The molecule has 0 spiro atoms. The summed E-state index contributed by atoms with van der Waals surface area (Å²) in [6.45, 7) is 0. The van der Waals surface area contributed by atoms with E-state index >= 15 is 0 Å². The van der Waals surface area contributed by atoms with Crippen LogP contribution in [-0.2, 0) is 11.0 Å². The molecule has 43 heavy (non-hydrogen) atoms. The summed E-state index contributed by atoms with van der Waals surface area (Å²) in [5, 5.41) is 1.23. The van der Waals surface area contributed by atoms with Crippen LogP contribution >= 0.6 is 7.80 Å². The third-order valence-electron chi connectivity index (χ3n) is 6.37. The Morgan fingerprint density at radius 2 is 0.581 bits per heavy atom. The molecule has 0 heterocycles. The van der Waals surface area contributed by atoms with Gasteiger partial charge in [-0.1, -0.05) is 4.57 Å². The van der Waals surface area contributed by atoms with Crippen LogP contribution < -0.4 is 48.5 Å². The van der Waals surface area contributed by atoms with E-state index in [4.69, 9.17) is 37.9 Å². The second kappa shape index (κ2) is 16.1. The van der Waals surface area contributed by atoms with E-state index in [2.05, 4.69) is 0 Å². The zero-order chi connectivity index (χ0) is 31.4. The topological polar surface area (TPSA) is 90.9 Å². The predicted molar refractivity (Wildman–Crippen MR) is 168 cm³/mol. The van der Waals surface area contributed by atoms with Gasteiger partial charge in [0.15, 0.2) is 0 Å². The SMILES string of the molecule is COc1cc(Cc2cc(OC)cc(OC)c2)cc(OC)c1.COc1cc(OC)cc([P+](=O)c2cc(OC)cc(OC)c2)c1. The van der Waals surface area contributed by atoms with Crippen LogP contribution in [-0.4, -0.2) is 56.9 Å². The molecule has 10 heteroatoms. The van der Waals surface area contributed by atoms with Crippen LogP contribution in [0.3, 0.4) is 0 Å². The van der Waals surface area contributed by atoms with Crippen molar-refractivity contribution in [3.05, 3.63) is 83.9 Å². The van der Waals surface area contributed by atoms with Crippen LogP contribution in [0.4, 0.5) is 0 Å². The van der Waals surface area contributed by atoms with E-state index in [1.165, 1.54) is 0 Å². The molecular weight excluding hydrogens is 571 g/mol. The highest BCUT2D eigenvalue weighted by atomic mass is 31.1. The van der Waals surface area contributed by atoms with Crippen LogP contribution in [0.2, 0.25) is 0 Å². The van der Waals surface area contributed by atoms with Crippen molar-refractivity contribution in [1.82, 2.24) is 0 Å². The molecule has 0 unspecified atom stereocenters. The average molecular weight is 610 g/mol. The van der Waals surface area contributed by atoms with E-state index in [-0.39, 0.29) is 0 Å². The van der Waals surface area contributed by atoms with E-state index in [0.717, 1.165) is 40.5 Å². The van der Waals surface area contributed by atoms with Gasteiger partial charge in [-0.05, 0) is 41.8 Å². The van der Waals surface area contributed by atoms with Crippen LogP contribution in [0.5, 0.6) is 46.0 Å². The number of hydrogen-bond donors (Lipinski definition) is 0. The second-order valence-electron chi connectivity index (χ2n) is 9.05. The molecule has 0 saturated heterocycles. The van der Waals surface area contributed by atoms with Gasteiger partial charge in [0.05, 0.1) is 56.9 Å². The van der Waals surface area contributed by atoms with Gasteiger partial charge in [-0.3, -0.25) is 0 Å². The summed E-state index contributed by atoms with van der Waals surface area (Å²) >= 11 is 0. The highest BCUT2D eigenvalue weighted by Crippen LogP contribution is 2.30. The fourth-order valence-electron chi connectivity index (χ4n) is 4.14. The number of hydrogen-bond acceptors (Lipinski definition) is 9. The third-order valence-corrected chi connectivity index (χ3v) is 7.83. The van der Waals surface area contributed by atoms with Crippen molar-refractivity contribution in [3.63, 3.8) is 0 Å². The molecule has 0 aliphatic rings. The smallest absolute Gasteiger partial charge is 0.415 e. The first-order valence-corrected chi connectivity index (χ1v) is 14.4. The Morgan fingerprint density at radius 3 is 0.791 bits per heavy atom. The summed E-state index contributed by atoms with van der Waals surface area (Å²) in [6, 6.07) is 22.1. The summed E-state index contributed by atoms with van der Waals surface area (Å²) in [4.78, 5) is 0. The molecule has 0 amide bonds. The first-order chi connectivity index (χ1) is 20.8. The standard InChI is InChI=1S/C17H20O4.C16H18O5P/c1-18-14-6-12(7-15(10-14)19-2)5-13-8-16(20-3)11-17(9-13)21-4;1-18-11-5-12(19-2)8-15(7-11)22(17)16-9-13(20-3)6-14(10-16)21-4/h6-11H,5H2,1-4H3;5-10H,1-4H3/q;+1. The lowest BCUT2D eigenvalue weighted by atomic mass is 10.0. The van der Waals surface area contributed by atoms with Gasteiger partial charge in [0.2, 0.25) is 10.6 Å². The first kappa shape index (κ1) is 32.9. The van der Waals surface area contributed by atoms with Gasteiger partial charge >= 0.3 is 7.80 Å². The minimum Gasteiger partial charge on any atom is -0.497 e. The minimum absolute atomic E-state index is 0.590. The van der Waals surface area contributed by atoms with Crippen LogP contribution in [0.1, 0.15) is 11.1 Å². The van der Waals surface area contributed by atoms with Gasteiger partial charge in [-0.2, -0.15) is 0 Å².